The van der Waals surface area contributed by atoms with Crippen LogP contribution >= 0.6 is 27.5 Å². The first-order chi connectivity index (χ1) is 7.41. The Labute approximate surface area is 108 Å². The van der Waals surface area contributed by atoms with Gasteiger partial charge < -0.3 is 11.1 Å². The van der Waals surface area contributed by atoms with Crippen LogP contribution in [0.25, 0.3) is 0 Å². The van der Waals surface area contributed by atoms with Crippen molar-refractivity contribution in [3.63, 3.8) is 0 Å². The lowest BCUT2D eigenvalue weighted by Gasteiger charge is -2.16. The summed E-state index contributed by atoms with van der Waals surface area (Å²) < 4.78 is 0.794. The van der Waals surface area contributed by atoms with Crippen LogP contribution in [0.1, 0.15) is 13.8 Å². The van der Waals surface area contributed by atoms with Crippen molar-refractivity contribution in [3.05, 3.63) is 27.7 Å². The van der Waals surface area contributed by atoms with Gasteiger partial charge in [0.1, 0.15) is 0 Å². The van der Waals surface area contributed by atoms with E-state index in [9.17, 15) is 4.79 Å². The summed E-state index contributed by atoms with van der Waals surface area (Å²) in [6.45, 7) is 3.59. The number of hydrogen-bond donors (Lipinski definition) is 2. The lowest BCUT2D eigenvalue weighted by Crippen LogP contribution is -2.34. The Morgan fingerprint density at radius 3 is 2.69 bits per heavy atom. The molecule has 0 heterocycles. The fraction of sp³-hybridized carbons (Fsp3) is 0.364. The highest BCUT2D eigenvalue weighted by atomic mass is 79.9. The SMILES string of the molecule is CC(N)C(C)C(=O)Nc1cc(Cl)ccc1Br. The van der Waals surface area contributed by atoms with E-state index in [0.29, 0.717) is 10.7 Å². The van der Waals surface area contributed by atoms with Gasteiger partial charge in [-0.1, -0.05) is 18.5 Å². The van der Waals surface area contributed by atoms with Crippen LogP contribution in [0.5, 0.6) is 0 Å². The molecular weight excluding hydrogens is 291 g/mol. The zero-order chi connectivity index (χ0) is 12.3. The third-order valence-corrected chi connectivity index (χ3v) is 3.32. The third-order valence-electron chi connectivity index (χ3n) is 2.39. The first kappa shape index (κ1) is 13.5. The standard InChI is InChI=1S/C11H14BrClN2O/c1-6(7(2)14)11(16)15-10-5-8(13)3-4-9(10)12/h3-7H,14H2,1-2H3,(H,15,16). The molecule has 0 fully saturated rings. The van der Waals surface area contributed by atoms with Crippen LogP contribution in [0.4, 0.5) is 5.69 Å². The van der Waals surface area contributed by atoms with E-state index < -0.39 is 0 Å². The molecule has 0 spiro atoms. The molecule has 0 bridgehead atoms. The Bertz CT molecular complexity index is 396. The van der Waals surface area contributed by atoms with Crippen molar-refractivity contribution in [1.82, 2.24) is 0 Å². The Hall–Kier alpha value is -0.580. The first-order valence-corrected chi connectivity index (χ1v) is 6.10. The van der Waals surface area contributed by atoms with E-state index in [1.54, 1.807) is 32.0 Å². The van der Waals surface area contributed by atoms with E-state index in [-0.39, 0.29) is 17.9 Å². The second-order valence-electron chi connectivity index (χ2n) is 3.76. The highest BCUT2D eigenvalue weighted by Crippen LogP contribution is 2.26. The maximum absolute atomic E-state index is 11.8. The quantitative estimate of drug-likeness (QED) is 0.902. The number of benzene rings is 1. The maximum atomic E-state index is 11.8. The molecule has 0 aromatic heterocycles. The lowest BCUT2D eigenvalue weighted by molar-refractivity contribution is -0.119. The van der Waals surface area contributed by atoms with Crippen LogP contribution in [-0.2, 0) is 4.79 Å². The van der Waals surface area contributed by atoms with Crippen LogP contribution < -0.4 is 11.1 Å². The summed E-state index contributed by atoms with van der Waals surface area (Å²) in [4.78, 5) is 11.8. The number of halogens is 2. The predicted molar refractivity (Wildman–Crippen MR) is 70.6 cm³/mol. The molecule has 2 unspecified atom stereocenters. The second-order valence-corrected chi connectivity index (χ2v) is 5.05. The molecule has 88 valence electrons. The molecule has 3 N–H and O–H groups in total. The predicted octanol–water partition coefficient (Wildman–Crippen LogP) is 3.02. The van der Waals surface area contributed by atoms with Gasteiger partial charge >= 0.3 is 0 Å². The number of amides is 1. The smallest absolute Gasteiger partial charge is 0.228 e. The van der Waals surface area contributed by atoms with Gasteiger partial charge in [-0.25, -0.2) is 0 Å². The van der Waals surface area contributed by atoms with E-state index >= 15 is 0 Å². The average molecular weight is 306 g/mol. The molecule has 1 aromatic carbocycles. The topological polar surface area (TPSA) is 55.1 Å². The molecule has 0 saturated carbocycles. The molecule has 16 heavy (non-hydrogen) atoms. The maximum Gasteiger partial charge on any atom is 0.228 e. The number of nitrogens with one attached hydrogen (secondary N) is 1. The molecule has 2 atom stereocenters. The molecule has 1 amide bonds. The summed E-state index contributed by atoms with van der Waals surface area (Å²) in [5.74, 6) is -0.358. The van der Waals surface area contributed by atoms with E-state index in [1.807, 2.05) is 0 Å². The monoisotopic (exact) mass is 304 g/mol. The normalized spacial score (nSPS) is 14.3. The van der Waals surface area contributed by atoms with Crippen molar-refractivity contribution >= 4 is 39.1 Å². The van der Waals surface area contributed by atoms with Gasteiger partial charge in [-0.15, -0.1) is 0 Å². The van der Waals surface area contributed by atoms with Gasteiger partial charge in [0.05, 0.1) is 11.6 Å². The minimum Gasteiger partial charge on any atom is -0.327 e. The summed E-state index contributed by atoms with van der Waals surface area (Å²) in [6.07, 6.45) is 0. The van der Waals surface area contributed by atoms with Crippen molar-refractivity contribution in [3.8, 4) is 0 Å². The van der Waals surface area contributed by atoms with Crippen molar-refractivity contribution < 1.29 is 4.79 Å². The summed E-state index contributed by atoms with van der Waals surface area (Å²) in [5.41, 5.74) is 6.32. The number of carbonyl (C=O) groups is 1. The number of carbonyl (C=O) groups excluding carboxylic acids is 1. The summed E-state index contributed by atoms with van der Waals surface area (Å²) in [7, 11) is 0. The van der Waals surface area contributed by atoms with Gasteiger partial charge in [0.25, 0.3) is 0 Å². The van der Waals surface area contributed by atoms with Crippen LogP contribution in [0.3, 0.4) is 0 Å². The number of anilines is 1. The Morgan fingerprint density at radius 2 is 2.12 bits per heavy atom. The minimum atomic E-state index is -0.245. The molecule has 0 saturated heterocycles. The molecule has 0 aliphatic rings. The Balaban J connectivity index is 2.80. The molecule has 0 aliphatic heterocycles. The van der Waals surface area contributed by atoms with E-state index in [2.05, 4.69) is 21.2 Å². The molecule has 1 aromatic rings. The van der Waals surface area contributed by atoms with Crippen LogP contribution in [0.15, 0.2) is 22.7 Å². The molecule has 3 nitrogen and oxygen atoms in total. The van der Waals surface area contributed by atoms with Gasteiger partial charge in [-0.2, -0.15) is 0 Å². The third kappa shape index (κ3) is 3.47. The zero-order valence-electron chi connectivity index (χ0n) is 9.13. The Kier molecular flexibility index (Phi) is 4.77. The van der Waals surface area contributed by atoms with Gasteiger partial charge in [-0.3, -0.25) is 4.79 Å². The van der Waals surface area contributed by atoms with Crippen LogP contribution in [0.2, 0.25) is 5.02 Å². The summed E-state index contributed by atoms with van der Waals surface area (Å²) in [5, 5.41) is 3.36. The number of hydrogen-bond acceptors (Lipinski definition) is 2. The first-order valence-electron chi connectivity index (χ1n) is 4.93. The van der Waals surface area contributed by atoms with Gasteiger partial charge in [0, 0.05) is 15.5 Å². The average Bonchev–Trinajstić information content (AvgIpc) is 2.22. The minimum absolute atomic E-state index is 0.113. The highest BCUT2D eigenvalue weighted by molar-refractivity contribution is 9.10. The van der Waals surface area contributed by atoms with Gasteiger partial charge in [0.15, 0.2) is 0 Å². The highest BCUT2D eigenvalue weighted by Gasteiger charge is 2.17. The van der Waals surface area contributed by atoms with Crippen molar-refractivity contribution in [1.29, 1.82) is 0 Å². The molecular formula is C11H14BrClN2O. The van der Waals surface area contributed by atoms with Gasteiger partial charge in [-0.05, 0) is 41.1 Å². The van der Waals surface area contributed by atoms with Crippen molar-refractivity contribution in [2.45, 2.75) is 19.9 Å². The fourth-order valence-corrected chi connectivity index (χ4v) is 1.60. The lowest BCUT2D eigenvalue weighted by atomic mass is 10.0. The van der Waals surface area contributed by atoms with Crippen molar-refractivity contribution in [2.24, 2.45) is 11.7 Å². The van der Waals surface area contributed by atoms with Gasteiger partial charge in [0.2, 0.25) is 5.91 Å². The summed E-state index contributed by atoms with van der Waals surface area (Å²) in [6, 6.07) is 5.04. The number of rotatable bonds is 3. The molecule has 0 aliphatic carbocycles. The molecule has 0 radical (unpaired) electrons. The fourth-order valence-electron chi connectivity index (χ4n) is 1.08. The van der Waals surface area contributed by atoms with Crippen LogP contribution in [0, 0.1) is 5.92 Å². The number of nitrogens with two attached hydrogens (primary N) is 1. The van der Waals surface area contributed by atoms with E-state index in [1.165, 1.54) is 0 Å². The Morgan fingerprint density at radius 1 is 1.50 bits per heavy atom. The largest absolute Gasteiger partial charge is 0.327 e. The second kappa shape index (κ2) is 5.66. The zero-order valence-corrected chi connectivity index (χ0v) is 11.5. The van der Waals surface area contributed by atoms with E-state index in [0.717, 1.165) is 4.47 Å². The molecule has 1 rings (SSSR count). The molecule has 5 heteroatoms. The summed E-state index contributed by atoms with van der Waals surface area (Å²) >= 11 is 9.19. The van der Waals surface area contributed by atoms with Crippen molar-refractivity contribution in [2.75, 3.05) is 5.32 Å². The van der Waals surface area contributed by atoms with Crippen LogP contribution in [-0.4, -0.2) is 11.9 Å². The van der Waals surface area contributed by atoms with E-state index in [4.69, 9.17) is 17.3 Å².